The summed E-state index contributed by atoms with van der Waals surface area (Å²) in [4.78, 5) is 0. The highest BCUT2D eigenvalue weighted by Gasteiger charge is 2.26. The molecule has 0 amide bonds. The second-order valence-corrected chi connectivity index (χ2v) is 6.58. The molecule has 0 bridgehead atoms. The molecule has 102 valence electrons. The van der Waals surface area contributed by atoms with Crippen LogP contribution in [-0.4, -0.2) is 13.1 Å². The molecule has 1 N–H and O–H groups in total. The summed E-state index contributed by atoms with van der Waals surface area (Å²) in [6.45, 7) is 11.8. The minimum absolute atomic E-state index is 0.862. The Morgan fingerprint density at radius 2 is 1.71 bits per heavy atom. The van der Waals surface area contributed by atoms with Gasteiger partial charge in [-0.25, -0.2) is 0 Å². The van der Waals surface area contributed by atoms with Crippen LogP contribution >= 0.6 is 0 Å². The van der Waals surface area contributed by atoms with Crippen molar-refractivity contribution in [3.8, 4) is 0 Å². The van der Waals surface area contributed by atoms with Crippen LogP contribution in [0.3, 0.4) is 0 Å². The molecule has 1 saturated carbocycles. The first-order chi connectivity index (χ1) is 8.13. The second kappa shape index (κ2) is 8.13. The quantitative estimate of drug-likeness (QED) is 0.691. The lowest BCUT2D eigenvalue weighted by Crippen LogP contribution is -2.31. The molecule has 1 heteroatoms. The molecule has 1 nitrogen and oxygen atoms in total. The summed E-state index contributed by atoms with van der Waals surface area (Å²) in [7, 11) is 0. The number of nitrogens with one attached hydrogen (secondary N) is 1. The summed E-state index contributed by atoms with van der Waals surface area (Å²) < 4.78 is 0. The molecule has 17 heavy (non-hydrogen) atoms. The van der Waals surface area contributed by atoms with Crippen molar-refractivity contribution in [2.24, 2.45) is 23.7 Å². The van der Waals surface area contributed by atoms with E-state index in [1.54, 1.807) is 0 Å². The average Bonchev–Trinajstić information content (AvgIpc) is 2.26. The van der Waals surface area contributed by atoms with E-state index in [0.29, 0.717) is 0 Å². The maximum absolute atomic E-state index is 3.56. The molecule has 0 heterocycles. The average molecular weight is 239 g/mol. The first-order valence-corrected chi connectivity index (χ1v) is 7.84. The van der Waals surface area contributed by atoms with Gasteiger partial charge in [0.25, 0.3) is 0 Å². The van der Waals surface area contributed by atoms with E-state index in [2.05, 4.69) is 33.0 Å². The molecule has 0 aromatic rings. The van der Waals surface area contributed by atoms with Gasteiger partial charge in [-0.15, -0.1) is 0 Å². The van der Waals surface area contributed by atoms with Crippen LogP contribution in [0.2, 0.25) is 0 Å². The Bertz CT molecular complexity index is 188. The zero-order chi connectivity index (χ0) is 12.7. The monoisotopic (exact) mass is 239 g/mol. The van der Waals surface area contributed by atoms with Crippen LogP contribution in [-0.2, 0) is 0 Å². The third-order valence-corrected chi connectivity index (χ3v) is 4.30. The van der Waals surface area contributed by atoms with Gasteiger partial charge in [0.15, 0.2) is 0 Å². The Morgan fingerprint density at radius 1 is 1.06 bits per heavy atom. The molecule has 3 unspecified atom stereocenters. The molecule has 0 aromatic heterocycles. The fraction of sp³-hybridized carbons (Fsp3) is 1.00. The van der Waals surface area contributed by atoms with Crippen molar-refractivity contribution in [1.82, 2.24) is 5.32 Å². The van der Waals surface area contributed by atoms with Crippen molar-refractivity contribution < 1.29 is 0 Å². The molecule has 1 rings (SSSR count). The molecule has 0 spiro atoms. The zero-order valence-corrected chi connectivity index (χ0v) is 12.5. The highest BCUT2D eigenvalue weighted by Crippen LogP contribution is 2.35. The first kappa shape index (κ1) is 15.0. The van der Waals surface area contributed by atoms with Crippen molar-refractivity contribution >= 4 is 0 Å². The van der Waals surface area contributed by atoms with E-state index >= 15 is 0 Å². The van der Waals surface area contributed by atoms with Gasteiger partial charge in [0.1, 0.15) is 0 Å². The number of hydrogen-bond acceptors (Lipinski definition) is 1. The molecular weight excluding hydrogens is 206 g/mol. The standard InChI is InChI=1S/C16H33N/c1-5-17-12-16-9-7-6-8-15(16)11-14(4)10-13(2)3/h13-17H,5-12H2,1-4H3. The molecule has 1 aliphatic rings. The van der Waals surface area contributed by atoms with E-state index in [0.717, 1.165) is 30.2 Å². The Kier molecular flexibility index (Phi) is 7.18. The first-order valence-electron chi connectivity index (χ1n) is 7.84. The number of hydrogen-bond donors (Lipinski definition) is 1. The maximum Gasteiger partial charge on any atom is -0.00180 e. The van der Waals surface area contributed by atoms with Crippen LogP contribution in [0.5, 0.6) is 0 Å². The zero-order valence-electron chi connectivity index (χ0n) is 12.5. The molecule has 0 radical (unpaired) electrons. The Morgan fingerprint density at radius 3 is 2.29 bits per heavy atom. The van der Waals surface area contributed by atoms with Gasteiger partial charge in [-0.1, -0.05) is 47.0 Å². The van der Waals surface area contributed by atoms with Crippen molar-refractivity contribution in [3.05, 3.63) is 0 Å². The van der Waals surface area contributed by atoms with Gasteiger partial charge in [-0.05, 0) is 56.0 Å². The normalized spacial score (nSPS) is 27.4. The third-order valence-electron chi connectivity index (χ3n) is 4.30. The smallest absolute Gasteiger partial charge is 0.00180 e. The van der Waals surface area contributed by atoms with Gasteiger partial charge in [0.05, 0.1) is 0 Å². The lowest BCUT2D eigenvalue weighted by molar-refractivity contribution is 0.188. The molecule has 0 aliphatic heterocycles. The van der Waals surface area contributed by atoms with Crippen LogP contribution in [0, 0.1) is 23.7 Å². The van der Waals surface area contributed by atoms with Crippen LogP contribution in [0.25, 0.3) is 0 Å². The Labute approximate surface area is 109 Å². The van der Waals surface area contributed by atoms with E-state index in [9.17, 15) is 0 Å². The van der Waals surface area contributed by atoms with E-state index in [1.165, 1.54) is 45.1 Å². The van der Waals surface area contributed by atoms with Crippen LogP contribution < -0.4 is 5.32 Å². The van der Waals surface area contributed by atoms with Crippen LogP contribution in [0.15, 0.2) is 0 Å². The lowest BCUT2D eigenvalue weighted by atomic mass is 9.74. The third kappa shape index (κ3) is 5.90. The molecule has 1 fully saturated rings. The largest absolute Gasteiger partial charge is 0.317 e. The van der Waals surface area contributed by atoms with Crippen molar-refractivity contribution in [2.45, 2.75) is 66.2 Å². The Hall–Kier alpha value is -0.0400. The summed E-state index contributed by atoms with van der Waals surface area (Å²) in [5, 5.41) is 3.56. The predicted molar refractivity (Wildman–Crippen MR) is 77.2 cm³/mol. The number of rotatable bonds is 7. The topological polar surface area (TPSA) is 12.0 Å². The second-order valence-electron chi connectivity index (χ2n) is 6.58. The Balaban J connectivity index is 2.36. The summed E-state index contributed by atoms with van der Waals surface area (Å²) in [6, 6.07) is 0. The van der Waals surface area contributed by atoms with Gasteiger partial charge in [-0.2, -0.15) is 0 Å². The lowest BCUT2D eigenvalue weighted by Gasteiger charge is -2.34. The fourth-order valence-corrected chi connectivity index (χ4v) is 3.61. The van der Waals surface area contributed by atoms with Gasteiger partial charge in [0.2, 0.25) is 0 Å². The minimum atomic E-state index is 0.862. The molecule has 0 saturated heterocycles. The van der Waals surface area contributed by atoms with Crippen molar-refractivity contribution in [1.29, 1.82) is 0 Å². The van der Waals surface area contributed by atoms with E-state index in [1.807, 2.05) is 0 Å². The summed E-state index contributed by atoms with van der Waals surface area (Å²) in [5.41, 5.74) is 0. The van der Waals surface area contributed by atoms with Gasteiger partial charge >= 0.3 is 0 Å². The van der Waals surface area contributed by atoms with Gasteiger partial charge in [-0.3, -0.25) is 0 Å². The predicted octanol–water partition coefficient (Wildman–Crippen LogP) is 4.47. The van der Waals surface area contributed by atoms with E-state index in [-0.39, 0.29) is 0 Å². The molecular formula is C16H33N. The van der Waals surface area contributed by atoms with Gasteiger partial charge in [0, 0.05) is 0 Å². The van der Waals surface area contributed by atoms with Crippen LogP contribution in [0.1, 0.15) is 66.2 Å². The molecule has 0 aromatic carbocycles. The fourth-order valence-electron chi connectivity index (χ4n) is 3.61. The summed E-state index contributed by atoms with van der Waals surface area (Å²) in [6.07, 6.45) is 8.76. The van der Waals surface area contributed by atoms with E-state index < -0.39 is 0 Å². The summed E-state index contributed by atoms with van der Waals surface area (Å²) in [5.74, 6) is 3.73. The molecule has 1 aliphatic carbocycles. The highest BCUT2D eigenvalue weighted by molar-refractivity contribution is 4.78. The van der Waals surface area contributed by atoms with Crippen LogP contribution in [0.4, 0.5) is 0 Å². The van der Waals surface area contributed by atoms with Crippen molar-refractivity contribution in [3.63, 3.8) is 0 Å². The van der Waals surface area contributed by atoms with E-state index in [4.69, 9.17) is 0 Å². The molecule has 3 atom stereocenters. The SMILES string of the molecule is CCNCC1CCCCC1CC(C)CC(C)C. The highest BCUT2D eigenvalue weighted by atomic mass is 14.8. The maximum atomic E-state index is 3.56. The van der Waals surface area contributed by atoms with Crippen molar-refractivity contribution in [2.75, 3.05) is 13.1 Å². The van der Waals surface area contributed by atoms with Gasteiger partial charge < -0.3 is 5.32 Å². The summed E-state index contributed by atoms with van der Waals surface area (Å²) >= 11 is 0. The minimum Gasteiger partial charge on any atom is -0.317 e.